The van der Waals surface area contributed by atoms with Crippen molar-refractivity contribution in [2.45, 2.75) is 25.8 Å². The highest BCUT2D eigenvalue weighted by molar-refractivity contribution is 5.97. The SMILES string of the molecule is Cc1ccc(C#CCO)c(C(=O)NC2CCC(=O)NC2)c1. The van der Waals surface area contributed by atoms with Crippen molar-refractivity contribution in [1.82, 2.24) is 10.6 Å². The van der Waals surface area contributed by atoms with E-state index >= 15 is 0 Å². The molecule has 1 atom stereocenters. The number of aliphatic hydroxyl groups excluding tert-OH is 1. The van der Waals surface area contributed by atoms with Gasteiger partial charge in [-0.3, -0.25) is 9.59 Å². The maximum atomic E-state index is 12.4. The van der Waals surface area contributed by atoms with E-state index in [-0.39, 0.29) is 24.5 Å². The predicted octanol–water partition coefficient (Wildman–Crippen LogP) is 0.347. The maximum Gasteiger partial charge on any atom is 0.252 e. The number of rotatable bonds is 2. The molecule has 0 aliphatic carbocycles. The van der Waals surface area contributed by atoms with Crippen LogP contribution in [0.2, 0.25) is 0 Å². The molecule has 2 amide bonds. The molecule has 1 aliphatic heterocycles. The van der Waals surface area contributed by atoms with E-state index in [1.54, 1.807) is 12.1 Å². The molecule has 1 unspecified atom stereocenters. The molecule has 0 bridgehead atoms. The van der Waals surface area contributed by atoms with E-state index in [1.165, 1.54) is 0 Å². The molecule has 0 saturated carbocycles. The molecule has 5 heteroatoms. The van der Waals surface area contributed by atoms with E-state index < -0.39 is 0 Å². The minimum atomic E-state index is -0.246. The second-order valence-corrected chi connectivity index (χ2v) is 5.02. The fourth-order valence-corrected chi connectivity index (χ4v) is 2.21. The summed E-state index contributed by atoms with van der Waals surface area (Å²) in [4.78, 5) is 23.5. The Kier molecular flexibility index (Phi) is 4.96. The largest absolute Gasteiger partial charge is 0.384 e. The lowest BCUT2D eigenvalue weighted by Gasteiger charge is -2.23. The first-order valence-electron chi connectivity index (χ1n) is 6.88. The Morgan fingerprint density at radius 1 is 1.52 bits per heavy atom. The summed E-state index contributed by atoms with van der Waals surface area (Å²) < 4.78 is 0. The molecule has 0 radical (unpaired) electrons. The Morgan fingerprint density at radius 2 is 2.33 bits per heavy atom. The fourth-order valence-electron chi connectivity index (χ4n) is 2.21. The zero-order chi connectivity index (χ0) is 15.2. The van der Waals surface area contributed by atoms with Crippen LogP contribution in [0.1, 0.15) is 34.3 Å². The Morgan fingerprint density at radius 3 is 3.00 bits per heavy atom. The van der Waals surface area contributed by atoms with Gasteiger partial charge in [0.2, 0.25) is 5.91 Å². The van der Waals surface area contributed by atoms with Crippen molar-refractivity contribution in [2.75, 3.05) is 13.2 Å². The second kappa shape index (κ2) is 6.91. The van der Waals surface area contributed by atoms with Gasteiger partial charge >= 0.3 is 0 Å². The van der Waals surface area contributed by atoms with Crippen molar-refractivity contribution >= 4 is 11.8 Å². The zero-order valence-electron chi connectivity index (χ0n) is 11.9. The van der Waals surface area contributed by atoms with E-state index in [2.05, 4.69) is 22.5 Å². The summed E-state index contributed by atoms with van der Waals surface area (Å²) in [6.07, 6.45) is 1.07. The van der Waals surface area contributed by atoms with Crippen molar-refractivity contribution in [3.05, 3.63) is 34.9 Å². The van der Waals surface area contributed by atoms with E-state index in [0.29, 0.717) is 30.5 Å². The molecule has 3 N–H and O–H groups in total. The normalized spacial score (nSPS) is 17.4. The summed E-state index contributed by atoms with van der Waals surface area (Å²) in [7, 11) is 0. The quantitative estimate of drug-likeness (QED) is 0.686. The first kappa shape index (κ1) is 15.1. The van der Waals surface area contributed by atoms with Gasteiger partial charge in [-0.25, -0.2) is 0 Å². The van der Waals surface area contributed by atoms with E-state index in [0.717, 1.165) is 5.56 Å². The molecule has 21 heavy (non-hydrogen) atoms. The number of hydrogen-bond acceptors (Lipinski definition) is 3. The average molecular weight is 286 g/mol. The van der Waals surface area contributed by atoms with Gasteiger partial charge in [0.1, 0.15) is 6.61 Å². The van der Waals surface area contributed by atoms with Crippen LogP contribution >= 0.6 is 0 Å². The molecule has 1 saturated heterocycles. The number of nitrogens with one attached hydrogen (secondary N) is 2. The van der Waals surface area contributed by atoms with Gasteiger partial charge in [0, 0.05) is 24.6 Å². The average Bonchev–Trinajstić information content (AvgIpc) is 2.48. The number of aryl methyl sites for hydroxylation is 1. The molecule has 110 valence electrons. The van der Waals surface area contributed by atoms with Gasteiger partial charge in [0.15, 0.2) is 0 Å². The molecule has 1 aromatic carbocycles. The monoisotopic (exact) mass is 286 g/mol. The standard InChI is InChI=1S/C16H18N2O3/c1-11-4-5-12(3-2-8-19)14(9-11)16(21)18-13-6-7-15(20)17-10-13/h4-5,9,13,19H,6-8,10H2,1H3,(H,17,20)(H,18,21). The van der Waals surface area contributed by atoms with Gasteiger partial charge in [-0.15, -0.1) is 0 Å². The van der Waals surface area contributed by atoms with E-state index in [1.807, 2.05) is 13.0 Å². The number of hydrogen-bond donors (Lipinski definition) is 3. The third-order valence-electron chi connectivity index (χ3n) is 3.32. The maximum absolute atomic E-state index is 12.4. The third kappa shape index (κ3) is 4.07. The van der Waals surface area contributed by atoms with Crippen molar-refractivity contribution in [2.24, 2.45) is 0 Å². The number of aliphatic hydroxyl groups is 1. The van der Waals surface area contributed by atoms with Crippen molar-refractivity contribution in [1.29, 1.82) is 0 Å². The first-order chi connectivity index (χ1) is 10.1. The molecule has 5 nitrogen and oxygen atoms in total. The van der Waals surface area contributed by atoms with Crippen molar-refractivity contribution < 1.29 is 14.7 Å². The highest BCUT2D eigenvalue weighted by atomic mass is 16.2. The minimum absolute atomic E-state index is 0.0190. The van der Waals surface area contributed by atoms with E-state index in [9.17, 15) is 9.59 Å². The van der Waals surface area contributed by atoms with Crippen molar-refractivity contribution in [3.8, 4) is 11.8 Å². The van der Waals surface area contributed by atoms with Crippen LogP contribution in [-0.2, 0) is 4.79 Å². The van der Waals surface area contributed by atoms with Crippen LogP contribution in [-0.4, -0.2) is 36.1 Å². The molecular weight excluding hydrogens is 268 g/mol. The van der Waals surface area contributed by atoms with Crippen LogP contribution in [0.25, 0.3) is 0 Å². The summed E-state index contributed by atoms with van der Waals surface area (Å²) in [5, 5.41) is 14.4. The highest BCUT2D eigenvalue weighted by Gasteiger charge is 2.21. The summed E-state index contributed by atoms with van der Waals surface area (Å²) in [5.41, 5.74) is 2.05. The fraction of sp³-hybridized carbons (Fsp3) is 0.375. The Labute approximate surface area is 123 Å². The van der Waals surface area contributed by atoms with Crippen LogP contribution in [0.5, 0.6) is 0 Å². The van der Waals surface area contributed by atoms with Gasteiger partial charge in [-0.05, 0) is 25.5 Å². The molecule has 1 aliphatic rings. The van der Waals surface area contributed by atoms with Gasteiger partial charge in [0.05, 0.1) is 5.56 Å². The number of piperidine rings is 1. The zero-order valence-corrected chi connectivity index (χ0v) is 11.9. The Hall–Kier alpha value is -2.32. The second-order valence-electron chi connectivity index (χ2n) is 5.02. The Balaban J connectivity index is 2.14. The molecule has 0 aromatic heterocycles. The summed E-state index contributed by atoms with van der Waals surface area (Å²) in [6, 6.07) is 5.36. The summed E-state index contributed by atoms with van der Waals surface area (Å²) in [6.45, 7) is 2.11. The number of carbonyl (C=O) groups is 2. The van der Waals surface area contributed by atoms with Crippen molar-refractivity contribution in [3.63, 3.8) is 0 Å². The van der Waals surface area contributed by atoms with Crippen LogP contribution in [0.4, 0.5) is 0 Å². The highest BCUT2D eigenvalue weighted by Crippen LogP contribution is 2.12. The Bertz CT molecular complexity index is 604. The lowest BCUT2D eigenvalue weighted by Crippen LogP contribution is -2.47. The van der Waals surface area contributed by atoms with Crippen LogP contribution in [0.3, 0.4) is 0 Å². The molecular formula is C16H18N2O3. The topological polar surface area (TPSA) is 78.4 Å². The molecule has 1 heterocycles. The van der Waals surface area contributed by atoms with Gasteiger partial charge in [-0.1, -0.05) is 23.5 Å². The predicted molar refractivity (Wildman–Crippen MR) is 78.6 cm³/mol. The lowest BCUT2D eigenvalue weighted by molar-refractivity contribution is -0.122. The number of carbonyl (C=O) groups excluding carboxylic acids is 2. The minimum Gasteiger partial charge on any atom is -0.384 e. The van der Waals surface area contributed by atoms with Gasteiger partial charge < -0.3 is 15.7 Å². The first-order valence-corrected chi connectivity index (χ1v) is 6.88. The van der Waals surface area contributed by atoms with Crippen LogP contribution < -0.4 is 10.6 Å². The molecule has 2 rings (SSSR count). The smallest absolute Gasteiger partial charge is 0.252 e. The summed E-state index contributed by atoms with van der Waals surface area (Å²) >= 11 is 0. The van der Waals surface area contributed by atoms with Crippen LogP contribution in [0, 0.1) is 18.8 Å². The molecule has 0 spiro atoms. The van der Waals surface area contributed by atoms with Crippen LogP contribution in [0.15, 0.2) is 18.2 Å². The summed E-state index contributed by atoms with van der Waals surface area (Å²) in [5.74, 6) is 5.15. The van der Waals surface area contributed by atoms with E-state index in [4.69, 9.17) is 5.11 Å². The molecule has 1 aromatic rings. The lowest BCUT2D eigenvalue weighted by atomic mass is 10.0. The molecule has 1 fully saturated rings. The van der Waals surface area contributed by atoms with Gasteiger partial charge in [0.25, 0.3) is 5.91 Å². The number of amides is 2. The van der Waals surface area contributed by atoms with Gasteiger partial charge in [-0.2, -0.15) is 0 Å². The third-order valence-corrected chi connectivity index (χ3v) is 3.32. The number of benzene rings is 1.